The fourth-order valence-corrected chi connectivity index (χ4v) is 2.98. The molecule has 1 aromatic rings. The van der Waals surface area contributed by atoms with Gasteiger partial charge in [-0.3, -0.25) is 0 Å². The van der Waals surface area contributed by atoms with E-state index < -0.39 is 11.7 Å². The number of hydrogen-bond acceptors (Lipinski definition) is 2. The van der Waals surface area contributed by atoms with Gasteiger partial charge in [-0.2, -0.15) is 13.2 Å². The van der Waals surface area contributed by atoms with Gasteiger partial charge in [0.2, 0.25) is 0 Å². The van der Waals surface area contributed by atoms with Gasteiger partial charge in [0, 0.05) is 17.3 Å². The van der Waals surface area contributed by atoms with Crippen LogP contribution in [0.5, 0.6) is 0 Å². The molecule has 21 heavy (non-hydrogen) atoms. The van der Waals surface area contributed by atoms with Gasteiger partial charge in [0.1, 0.15) is 4.99 Å². The highest BCUT2D eigenvalue weighted by molar-refractivity contribution is 7.80. The van der Waals surface area contributed by atoms with E-state index in [-0.39, 0.29) is 27.4 Å². The summed E-state index contributed by atoms with van der Waals surface area (Å²) in [4.78, 5) is -0.250. The number of nitrogens with one attached hydrogen (secondary N) is 1. The average Bonchev–Trinajstić information content (AvgIpc) is 2.70. The minimum absolute atomic E-state index is 0.0824. The molecule has 0 atom stereocenters. The molecule has 1 aliphatic rings. The van der Waals surface area contributed by atoms with E-state index in [4.69, 9.17) is 18.0 Å². The molecule has 2 rings (SSSR count). The van der Waals surface area contributed by atoms with E-state index in [2.05, 4.69) is 33.0 Å². The first kappa shape index (κ1) is 16.1. The van der Waals surface area contributed by atoms with Crippen LogP contribution in [0.1, 0.15) is 38.8 Å². The molecule has 0 radical (unpaired) electrons. The Morgan fingerprint density at radius 2 is 1.71 bits per heavy atom. The van der Waals surface area contributed by atoms with Gasteiger partial charge in [-0.1, -0.05) is 39.9 Å². The number of thiocarbonyl (C=S) groups is 1. The Hall–Kier alpha value is -1.30. The fourth-order valence-electron chi connectivity index (χ4n) is 2.81. The van der Waals surface area contributed by atoms with Crippen LogP contribution in [0, 0.1) is 10.8 Å². The van der Waals surface area contributed by atoms with Crippen molar-refractivity contribution in [3.8, 4) is 0 Å². The lowest BCUT2D eigenvalue weighted by atomic mass is 10.0. The lowest BCUT2D eigenvalue weighted by molar-refractivity contribution is -0.137. The first-order chi connectivity index (χ1) is 9.39. The zero-order valence-electron chi connectivity index (χ0n) is 12.4. The second-order valence-electron chi connectivity index (χ2n) is 6.64. The summed E-state index contributed by atoms with van der Waals surface area (Å²) in [7, 11) is 0. The highest BCUT2D eigenvalue weighted by Crippen LogP contribution is 2.63. The molecule has 0 aliphatic heterocycles. The van der Waals surface area contributed by atoms with Crippen LogP contribution >= 0.6 is 12.2 Å². The number of nitrogens with two attached hydrogens (primary N) is 1. The van der Waals surface area contributed by atoms with Crippen LogP contribution in [-0.2, 0) is 6.18 Å². The van der Waals surface area contributed by atoms with E-state index in [1.165, 1.54) is 12.1 Å². The van der Waals surface area contributed by atoms with Gasteiger partial charge in [0.05, 0.1) is 5.56 Å². The zero-order chi connectivity index (χ0) is 16.2. The summed E-state index contributed by atoms with van der Waals surface area (Å²) in [6.07, 6.45) is -4.46. The molecular weight excluding hydrogens is 297 g/mol. The van der Waals surface area contributed by atoms with Gasteiger partial charge in [0.25, 0.3) is 0 Å². The Labute approximate surface area is 127 Å². The normalized spacial score (nSPS) is 20.1. The van der Waals surface area contributed by atoms with E-state index in [9.17, 15) is 13.2 Å². The molecule has 0 aromatic heterocycles. The molecule has 1 saturated carbocycles. The van der Waals surface area contributed by atoms with Crippen molar-refractivity contribution in [1.29, 1.82) is 0 Å². The molecule has 0 bridgehead atoms. The molecule has 3 N–H and O–H groups in total. The first-order valence-corrected chi connectivity index (χ1v) is 7.07. The molecule has 0 heterocycles. The van der Waals surface area contributed by atoms with Crippen molar-refractivity contribution in [2.45, 2.75) is 39.9 Å². The Bertz CT molecular complexity index is 577. The quantitative estimate of drug-likeness (QED) is 0.821. The van der Waals surface area contributed by atoms with Gasteiger partial charge in [0.15, 0.2) is 0 Å². The van der Waals surface area contributed by atoms with Crippen molar-refractivity contribution in [1.82, 2.24) is 0 Å². The third kappa shape index (κ3) is 2.61. The second kappa shape index (κ2) is 4.60. The van der Waals surface area contributed by atoms with E-state index in [0.717, 1.165) is 6.07 Å². The molecular formula is C15H19F3N2S. The van der Waals surface area contributed by atoms with Gasteiger partial charge in [-0.15, -0.1) is 0 Å². The summed E-state index contributed by atoms with van der Waals surface area (Å²) >= 11 is 4.75. The lowest BCUT2D eigenvalue weighted by Gasteiger charge is -2.15. The fraction of sp³-hybridized carbons (Fsp3) is 0.533. The van der Waals surface area contributed by atoms with Crippen molar-refractivity contribution < 1.29 is 13.2 Å². The van der Waals surface area contributed by atoms with E-state index in [1.807, 2.05) is 0 Å². The van der Waals surface area contributed by atoms with Gasteiger partial charge in [-0.05, 0) is 29.0 Å². The Morgan fingerprint density at radius 3 is 2.10 bits per heavy atom. The molecule has 1 fully saturated rings. The van der Waals surface area contributed by atoms with Crippen LogP contribution in [-0.4, -0.2) is 11.0 Å². The molecule has 0 spiro atoms. The van der Waals surface area contributed by atoms with Crippen LogP contribution in [0.4, 0.5) is 18.9 Å². The third-order valence-corrected chi connectivity index (χ3v) is 5.14. The maximum absolute atomic E-state index is 12.9. The maximum atomic E-state index is 12.9. The molecule has 0 saturated heterocycles. The van der Waals surface area contributed by atoms with Crippen LogP contribution < -0.4 is 11.1 Å². The Balaban J connectivity index is 2.33. The van der Waals surface area contributed by atoms with Gasteiger partial charge >= 0.3 is 6.18 Å². The van der Waals surface area contributed by atoms with Gasteiger partial charge in [-0.25, -0.2) is 0 Å². The highest BCUT2D eigenvalue weighted by Gasteiger charge is 2.64. The topological polar surface area (TPSA) is 38.0 Å². The predicted molar refractivity (Wildman–Crippen MR) is 82.3 cm³/mol. The van der Waals surface area contributed by atoms with Crippen LogP contribution in [0.15, 0.2) is 18.2 Å². The third-order valence-electron chi connectivity index (χ3n) is 4.92. The van der Waals surface area contributed by atoms with Crippen LogP contribution in [0.2, 0.25) is 0 Å². The highest BCUT2D eigenvalue weighted by atomic mass is 32.1. The number of alkyl halides is 3. The van der Waals surface area contributed by atoms with E-state index in [0.29, 0.717) is 5.69 Å². The van der Waals surface area contributed by atoms with Crippen molar-refractivity contribution in [3.05, 3.63) is 29.3 Å². The van der Waals surface area contributed by atoms with Crippen molar-refractivity contribution in [2.24, 2.45) is 16.6 Å². The minimum Gasteiger partial charge on any atom is -0.389 e. The summed E-state index contributed by atoms with van der Waals surface area (Å²) in [5.41, 5.74) is 5.27. The maximum Gasteiger partial charge on any atom is 0.417 e. The Kier molecular flexibility index (Phi) is 3.52. The van der Waals surface area contributed by atoms with Gasteiger partial charge < -0.3 is 11.1 Å². The largest absolute Gasteiger partial charge is 0.417 e. The smallest absolute Gasteiger partial charge is 0.389 e. The molecule has 1 aromatic carbocycles. The SMILES string of the molecule is CC1(C)C(Nc2ccc(C(F)(F)F)c(C(N)=S)c2)C1(C)C. The summed E-state index contributed by atoms with van der Waals surface area (Å²) in [6.45, 7) is 8.51. The number of anilines is 1. The van der Waals surface area contributed by atoms with E-state index in [1.54, 1.807) is 0 Å². The molecule has 116 valence electrons. The molecule has 0 amide bonds. The second-order valence-corrected chi connectivity index (χ2v) is 7.08. The lowest BCUT2D eigenvalue weighted by Crippen LogP contribution is -2.19. The summed E-state index contributed by atoms with van der Waals surface area (Å²) < 4.78 is 38.8. The number of hydrogen-bond donors (Lipinski definition) is 2. The van der Waals surface area contributed by atoms with Crippen LogP contribution in [0.25, 0.3) is 0 Å². The molecule has 2 nitrogen and oxygen atoms in total. The molecule has 6 heteroatoms. The van der Waals surface area contributed by atoms with Crippen molar-refractivity contribution in [3.63, 3.8) is 0 Å². The zero-order valence-corrected chi connectivity index (χ0v) is 13.2. The molecule has 0 unspecified atom stereocenters. The number of benzene rings is 1. The summed E-state index contributed by atoms with van der Waals surface area (Å²) in [6, 6.07) is 4.03. The standard InChI is InChI=1S/C15H19F3N2S/c1-13(2)12(14(13,3)4)20-8-5-6-10(15(16,17)18)9(7-8)11(19)21/h5-7,12,20H,1-4H3,(H2,19,21). The number of halogens is 3. The van der Waals surface area contributed by atoms with Crippen molar-refractivity contribution in [2.75, 3.05) is 5.32 Å². The monoisotopic (exact) mass is 316 g/mol. The predicted octanol–water partition coefficient (Wildman–Crippen LogP) is 4.19. The molecule has 1 aliphatic carbocycles. The Morgan fingerprint density at radius 1 is 1.19 bits per heavy atom. The first-order valence-electron chi connectivity index (χ1n) is 6.66. The summed E-state index contributed by atoms with van der Waals surface area (Å²) in [5, 5.41) is 3.29. The van der Waals surface area contributed by atoms with Crippen molar-refractivity contribution >= 4 is 22.9 Å². The number of rotatable bonds is 3. The van der Waals surface area contributed by atoms with E-state index >= 15 is 0 Å². The van der Waals surface area contributed by atoms with Crippen LogP contribution in [0.3, 0.4) is 0 Å². The summed E-state index contributed by atoms with van der Waals surface area (Å²) in [5.74, 6) is 0. The average molecular weight is 316 g/mol. The minimum atomic E-state index is -4.46.